The SMILES string of the molecule is COc1ccc(C)cc1NC(=O)C(Sc1nncn1-c1ccccc1C)c1ccccc1. The summed E-state index contributed by atoms with van der Waals surface area (Å²) in [6.07, 6.45) is 1.67. The smallest absolute Gasteiger partial charge is 0.242 e. The molecule has 7 heteroatoms. The van der Waals surface area contributed by atoms with Gasteiger partial charge in [0.05, 0.1) is 18.5 Å². The number of aromatic nitrogens is 3. The minimum absolute atomic E-state index is 0.163. The largest absolute Gasteiger partial charge is 0.495 e. The van der Waals surface area contributed by atoms with Crippen molar-refractivity contribution in [3.63, 3.8) is 0 Å². The van der Waals surface area contributed by atoms with E-state index in [-0.39, 0.29) is 5.91 Å². The van der Waals surface area contributed by atoms with E-state index in [0.717, 1.165) is 22.4 Å². The molecule has 1 amide bonds. The Morgan fingerprint density at radius 2 is 1.78 bits per heavy atom. The molecule has 6 nitrogen and oxygen atoms in total. The summed E-state index contributed by atoms with van der Waals surface area (Å²) >= 11 is 1.36. The molecule has 0 spiro atoms. The first-order chi connectivity index (χ1) is 15.6. The van der Waals surface area contributed by atoms with Gasteiger partial charge in [0.25, 0.3) is 0 Å². The molecule has 4 rings (SSSR count). The zero-order chi connectivity index (χ0) is 22.5. The molecule has 32 heavy (non-hydrogen) atoms. The molecule has 0 aliphatic carbocycles. The second-order valence-electron chi connectivity index (χ2n) is 7.37. The minimum Gasteiger partial charge on any atom is -0.495 e. The molecule has 162 valence electrons. The van der Waals surface area contributed by atoms with Crippen LogP contribution in [0.25, 0.3) is 5.69 Å². The monoisotopic (exact) mass is 444 g/mol. The fraction of sp³-hybridized carbons (Fsp3) is 0.160. The van der Waals surface area contributed by atoms with Crippen LogP contribution in [0.2, 0.25) is 0 Å². The Morgan fingerprint density at radius 1 is 1.03 bits per heavy atom. The summed E-state index contributed by atoms with van der Waals surface area (Å²) in [5, 5.41) is 11.6. The molecule has 0 fully saturated rings. The number of ether oxygens (including phenoxy) is 1. The van der Waals surface area contributed by atoms with Crippen LogP contribution in [0.3, 0.4) is 0 Å². The highest BCUT2D eigenvalue weighted by Crippen LogP contribution is 2.37. The first-order valence-electron chi connectivity index (χ1n) is 10.2. The number of nitrogens with zero attached hydrogens (tertiary/aromatic N) is 3. The summed E-state index contributed by atoms with van der Waals surface area (Å²) < 4.78 is 7.35. The topological polar surface area (TPSA) is 69.0 Å². The Kier molecular flexibility index (Phi) is 6.56. The molecule has 0 saturated heterocycles. The van der Waals surface area contributed by atoms with Crippen LogP contribution in [0.4, 0.5) is 5.69 Å². The summed E-state index contributed by atoms with van der Waals surface area (Å²) in [6.45, 7) is 4.01. The van der Waals surface area contributed by atoms with Crippen LogP contribution in [0.15, 0.2) is 84.3 Å². The third-order valence-electron chi connectivity index (χ3n) is 5.07. The average molecular weight is 445 g/mol. The number of carbonyl (C=O) groups is 1. The number of thioether (sulfide) groups is 1. The number of methoxy groups -OCH3 is 1. The summed E-state index contributed by atoms with van der Waals surface area (Å²) in [6, 6.07) is 23.4. The molecule has 0 aliphatic heterocycles. The van der Waals surface area contributed by atoms with Gasteiger partial charge >= 0.3 is 0 Å². The van der Waals surface area contributed by atoms with Gasteiger partial charge in [-0.1, -0.05) is 66.4 Å². The quantitative estimate of drug-likeness (QED) is 0.388. The van der Waals surface area contributed by atoms with Gasteiger partial charge in [-0.25, -0.2) is 0 Å². The maximum Gasteiger partial charge on any atom is 0.242 e. The van der Waals surface area contributed by atoms with Crippen molar-refractivity contribution < 1.29 is 9.53 Å². The van der Waals surface area contributed by atoms with E-state index >= 15 is 0 Å². The Balaban J connectivity index is 1.68. The number of amides is 1. The summed E-state index contributed by atoms with van der Waals surface area (Å²) in [5.41, 5.74) is 4.62. The first kappa shape index (κ1) is 21.6. The number of carbonyl (C=O) groups excluding carboxylic acids is 1. The number of hydrogen-bond acceptors (Lipinski definition) is 5. The standard InChI is InChI=1S/C25H24N4O2S/c1-17-13-14-22(31-3)20(15-17)27-24(30)23(19-10-5-4-6-11-19)32-25-28-26-16-29(25)21-12-8-7-9-18(21)2/h4-16,23H,1-3H3,(H,27,30). The van der Waals surface area contributed by atoms with E-state index in [0.29, 0.717) is 16.6 Å². The Morgan fingerprint density at radius 3 is 2.53 bits per heavy atom. The molecule has 1 aromatic heterocycles. The highest BCUT2D eigenvalue weighted by Gasteiger charge is 2.26. The van der Waals surface area contributed by atoms with Gasteiger partial charge in [0.2, 0.25) is 5.91 Å². The highest BCUT2D eigenvalue weighted by molar-refractivity contribution is 8.00. The minimum atomic E-state index is -0.534. The van der Waals surface area contributed by atoms with E-state index in [4.69, 9.17) is 4.74 Å². The van der Waals surface area contributed by atoms with Crippen LogP contribution >= 0.6 is 11.8 Å². The van der Waals surface area contributed by atoms with Gasteiger partial charge in [-0.05, 0) is 48.7 Å². The van der Waals surface area contributed by atoms with Crippen LogP contribution in [0, 0.1) is 13.8 Å². The van der Waals surface area contributed by atoms with Crippen molar-refractivity contribution in [3.05, 3.63) is 95.8 Å². The van der Waals surface area contributed by atoms with Crippen LogP contribution in [0.1, 0.15) is 21.9 Å². The lowest BCUT2D eigenvalue weighted by molar-refractivity contribution is -0.115. The Hall–Kier alpha value is -3.58. The Bertz CT molecular complexity index is 1220. The number of hydrogen-bond donors (Lipinski definition) is 1. The molecule has 1 N–H and O–H groups in total. The van der Waals surface area contributed by atoms with Crippen molar-refractivity contribution in [2.24, 2.45) is 0 Å². The molecule has 0 saturated carbocycles. The number of rotatable bonds is 7. The third kappa shape index (κ3) is 4.68. The first-order valence-corrected chi connectivity index (χ1v) is 11.1. The second kappa shape index (κ2) is 9.70. The number of nitrogens with one attached hydrogen (secondary N) is 1. The summed E-state index contributed by atoms with van der Waals surface area (Å²) in [7, 11) is 1.59. The van der Waals surface area contributed by atoms with Gasteiger partial charge in [0, 0.05) is 0 Å². The summed E-state index contributed by atoms with van der Waals surface area (Å²) in [5.74, 6) is 0.452. The van der Waals surface area contributed by atoms with Gasteiger partial charge in [-0.2, -0.15) is 0 Å². The van der Waals surface area contributed by atoms with Crippen LogP contribution in [-0.2, 0) is 4.79 Å². The molecule has 0 aliphatic rings. The zero-order valence-corrected chi connectivity index (χ0v) is 19.0. The predicted molar refractivity (Wildman–Crippen MR) is 127 cm³/mol. The second-order valence-corrected chi connectivity index (χ2v) is 8.44. The van der Waals surface area contributed by atoms with E-state index in [1.54, 1.807) is 13.4 Å². The van der Waals surface area contributed by atoms with Crippen LogP contribution < -0.4 is 10.1 Å². The molecule has 4 aromatic rings. The lowest BCUT2D eigenvalue weighted by atomic mass is 10.1. The van der Waals surface area contributed by atoms with Crippen molar-refractivity contribution >= 4 is 23.4 Å². The van der Waals surface area contributed by atoms with E-state index < -0.39 is 5.25 Å². The van der Waals surface area contributed by atoms with E-state index in [1.807, 2.05) is 91.2 Å². The number of aryl methyl sites for hydroxylation is 2. The van der Waals surface area contributed by atoms with E-state index in [1.165, 1.54) is 11.8 Å². The maximum atomic E-state index is 13.5. The van der Waals surface area contributed by atoms with E-state index in [2.05, 4.69) is 15.5 Å². The molecule has 1 atom stereocenters. The average Bonchev–Trinajstić information content (AvgIpc) is 3.26. The van der Waals surface area contributed by atoms with Gasteiger partial charge in [0.15, 0.2) is 5.16 Å². The fourth-order valence-corrected chi connectivity index (χ4v) is 4.45. The maximum absolute atomic E-state index is 13.5. The van der Waals surface area contributed by atoms with Gasteiger partial charge in [-0.15, -0.1) is 10.2 Å². The summed E-state index contributed by atoms with van der Waals surface area (Å²) in [4.78, 5) is 13.5. The molecule has 1 unspecified atom stereocenters. The van der Waals surface area contributed by atoms with Crippen molar-refractivity contribution in [1.29, 1.82) is 0 Å². The van der Waals surface area contributed by atoms with Gasteiger partial charge in [0.1, 0.15) is 17.3 Å². The molecule has 3 aromatic carbocycles. The van der Waals surface area contributed by atoms with Crippen LogP contribution in [-0.4, -0.2) is 27.8 Å². The van der Waals surface area contributed by atoms with Crippen molar-refractivity contribution in [2.45, 2.75) is 24.3 Å². The number of para-hydroxylation sites is 1. The predicted octanol–water partition coefficient (Wildman–Crippen LogP) is 5.36. The molecular formula is C25H24N4O2S. The third-order valence-corrected chi connectivity index (χ3v) is 6.28. The van der Waals surface area contributed by atoms with Crippen LogP contribution in [0.5, 0.6) is 5.75 Å². The molecule has 0 bridgehead atoms. The van der Waals surface area contributed by atoms with Gasteiger partial charge in [-0.3, -0.25) is 9.36 Å². The number of benzene rings is 3. The Labute approximate surface area is 191 Å². The lowest BCUT2D eigenvalue weighted by Crippen LogP contribution is -2.20. The number of anilines is 1. The van der Waals surface area contributed by atoms with Crippen molar-refractivity contribution in [2.75, 3.05) is 12.4 Å². The zero-order valence-electron chi connectivity index (χ0n) is 18.1. The normalized spacial score (nSPS) is 11.7. The molecule has 0 radical (unpaired) electrons. The molecular weight excluding hydrogens is 420 g/mol. The molecule has 1 heterocycles. The van der Waals surface area contributed by atoms with E-state index in [9.17, 15) is 4.79 Å². The highest BCUT2D eigenvalue weighted by atomic mass is 32.2. The van der Waals surface area contributed by atoms with Crippen molar-refractivity contribution in [1.82, 2.24) is 14.8 Å². The van der Waals surface area contributed by atoms with Gasteiger partial charge < -0.3 is 10.1 Å². The lowest BCUT2D eigenvalue weighted by Gasteiger charge is -2.18. The fourth-order valence-electron chi connectivity index (χ4n) is 3.43. The van der Waals surface area contributed by atoms with Crippen molar-refractivity contribution in [3.8, 4) is 11.4 Å².